The maximum absolute atomic E-state index is 11.0. The number of nitrogens with one attached hydrogen (secondary N) is 1. The zero-order valence-electron chi connectivity index (χ0n) is 9.60. The SMILES string of the molecule is O=C(O)C(NCc1ccc(CO)cc1)C1CC1. The molecule has 3 N–H and O–H groups in total. The number of carboxylic acids is 1. The van der Waals surface area contributed by atoms with Gasteiger partial charge in [0.15, 0.2) is 0 Å². The number of carbonyl (C=O) groups is 1. The van der Waals surface area contributed by atoms with Crippen LogP contribution in [0.15, 0.2) is 24.3 Å². The van der Waals surface area contributed by atoms with Crippen LogP contribution in [0.4, 0.5) is 0 Å². The summed E-state index contributed by atoms with van der Waals surface area (Å²) in [6.07, 6.45) is 2.01. The molecule has 1 saturated carbocycles. The highest BCUT2D eigenvalue weighted by molar-refractivity contribution is 5.74. The molecule has 92 valence electrons. The van der Waals surface area contributed by atoms with Gasteiger partial charge in [0.25, 0.3) is 0 Å². The van der Waals surface area contributed by atoms with Crippen molar-refractivity contribution in [3.63, 3.8) is 0 Å². The Balaban J connectivity index is 1.89. The van der Waals surface area contributed by atoms with Gasteiger partial charge in [-0.25, -0.2) is 0 Å². The number of hydrogen-bond acceptors (Lipinski definition) is 3. The Labute approximate surface area is 100 Å². The molecule has 1 aromatic carbocycles. The summed E-state index contributed by atoms with van der Waals surface area (Å²) >= 11 is 0. The lowest BCUT2D eigenvalue weighted by Crippen LogP contribution is -2.38. The van der Waals surface area contributed by atoms with Crippen LogP contribution >= 0.6 is 0 Å². The molecule has 0 aromatic heterocycles. The highest BCUT2D eigenvalue weighted by Crippen LogP contribution is 2.32. The second-order valence-electron chi connectivity index (χ2n) is 4.51. The van der Waals surface area contributed by atoms with Crippen molar-refractivity contribution in [2.24, 2.45) is 5.92 Å². The van der Waals surface area contributed by atoms with Crippen LogP contribution in [0.2, 0.25) is 0 Å². The summed E-state index contributed by atoms with van der Waals surface area (Å²) in [5.74, 6) is -0.469. The lowest BCUT2D eigenvalue weighted by Gasteiger charge is -2.13. The van der Waals surface area contributed by atoms with E-state index in [4.69, 9.17) is 10.2 Å². The fourth-order valence-electron chi connectivity index (χ4n) is 1.88. The first kappa shape index (κ1) is 12.1. The number of aliphatic hydroxyl groups is 1. The molecule has 0 spiro atoms. The van der Waals surface area contributed by atoms with Crippen LogP contribution < -0.4 is 5.32 Å². The molecule has 0 bridgehead atoms. The topological polar surface area (TPSA) is 69.6 Å². The van der Waals surface area contributed by atoms with E-state index in [9.17, 15) is 4.79 Å². The molecule has 1 aliphatic rings. The Morgan fingerprint density at radius 3 is 2.35 bits per heavy atom. The van der Waals surface area contributed by atoms with Gasteiger partial charge in [-0.1, -0.05) is 24.3 Å². The van der Waals surface area contributed by atoms with Crippen molar-refractivity contribution in [3.05, 3.63) is 35.4 Å². The number of rotatable bonds is 6. The standard InChI is InChI=1S/C13H17NO3/c15-8-10-3-1-9(2-4-10)7-14-12(13(16)17)11-5-6-11/h1-4,11-12,14-15H,5-8H2,(H,16,17). The second kappa shape index (κ2) is 5.29. The maximum atomic E-state index is 11.0. The van der Waals surface area contributed by atoms with Crippen molar-refractivity contribution < 1.29 is 15.0 Å². The molecule has 17 heavy (non-hydrogen) atoms. The molecule has 0 amide bonds. The summed E-state index contributed by atoms with van der Waals surface area (Å²) in [6, 6.07) is 7.09. The highest BCUT2D eigenvalue weighted by Gasteiger charge is 2.35. The van der Waals surface area contributed by atoms with Gasteiger partial charge in [-0.3, -0.25) is 4.79 Å². The Morgan fingerprint density at radius 2 is 1.88 bits per heavy atom. The third-order valence-corrected chi connectivity index (χ3v) is 3.09. The Bertz CT molecular complexity index is 384. The molecule has 2 rings (SSSR count). The van der Waals surface area contributed by atoms with E-state index in [-0.39, 0.29) is 6.61 Å². The number of aliphatic carboxylic acids is 1. The monoisotopic (exact) mass is 235 g/mol. The zero-order valence-corrected chi connectivity index (χ0v) is 9.60. The molecule has 1 aromatic rings. The quantitative estimate of drug-likeness (QED) is 0.691. The fourth-order valence-corrected chi connectivity index (χ4v) is 1.88. The van der Waals surface area contributed by atoms with Crippen LogP contribution in [0.5, 0.6) is 0 Å². The van der Waals surface area contributed by atoms with Gasteiger partial charge in [-0.2, -0.15) is 0 Å². The van der Waals surface area contributed by atoms with Gasteiger partial charge in [0.1, 0.15) is 6.04 Å². The average Bonchev–Trinajstić information content (AvgIpc) is 3.14. The van der Waals surface area contributed by atoms with Crippen molar-refractivity contribution in [1.29, 1.82) is 0 Å². The Hall–Kier alpha value is -1.39. The van der Waals surface area contributed by atoms with E-state index in [2.05, 4.69) is 5.32 Å². The van der Waals surface area contributed by atoms with Crippen molar-refractivity contribution in [1.82, 2.24) is 5.32 Å². The minimum atomic E-state index is -0.764. The number of benzene rings is 1. The lowest BCUT2D eigenvalue weighted by molar-refractivity contribution is -0.140. The van der Waals surface area contributed by atoms with Crippen LogP contribution in [0.3, 0.4) is 0 Å². The summed E-state index contributed by atoms with van der Waals surface area (Å²) in [4.78, 5) is 11.0. The zero-order chi connectivity index (χ0) is 12.3. The molecule has 0 heterocycles. The van der Waals surface area contributed by atoms with Gasteiger partial charge < -0.3 is 15.5 Å². The minimum Gasteiger partial charge on any atom is -0.480 e. The van der Waals surface area contributed by atoms with Crippen molar-refractivity contribution >= 4 is 5.97 Å². The Kier molecular flexibility index (Phi) is 3.76. The Morgan fingerprint density at radius 1 is 1.29 bits per heavy atom. The van der Waals surface area contributed by atoms with Gasteiger partial charge in [0.2, 0.25) is 0 Å². The molecule has 4 nitrogen and oxygen atoms in total. The largest absolute Gasteiger partial charge is 0.480 e. The molecule has 1 aliphatic carbocycles. The first-order valence-corrected chi connectivity index (χ1v) is 5.85. The van der Waals surface area contributed by atoms with Crippen LogP contribution in [-0.2, 0) is 17.9 Å². The van der Waals surface area contributed by atoms with E-state index in [0.29, 0.717) is 12.5 Å². The molecule has 0 aliphatic heterocycles. The molecule has 0 radical (unpaired) electrons. The predicted molar refractivity (Wildman–Crippen MR) is 63.4 cm³/mol. The third-order valence-electron chi connectivity index (χ3n) is 3.09. The number of hydrogen-bond donors (Lipinski definition) is 3. The summed E-state index contributed by atoms with van der Waals surface area (Å²) in [6.45, 7) is 0.590. The van der Waals surface area contributed by atoms with E-state index in [1.54, 1.807) is 0 Å². The van der Waals surface area contributed by atoms with Gasteiger partial charge in [0, 0.05) is 6.54 Å². The normalized spacial score (nSPS) is 16.8. The van der Waals surface area contributed by atoms with Crippen LogP contribution in [0.25, 0.3) is 0 Å². The molecular formula is C13H17NO3. The van der Waals surface area contributed by atoms with Crippen molar-refractivity contribution in [2.45, 2.75) is 32.0 Å². The first-order valence-electron chi connectivity index (χ1n) is 5.85. The molecule has 1 fully saturated rings. The molecule has 4 heteroatoms. The summed E-state index contributed by atoms with van der Waals surface area (Å²) in [5.41, 5.74) is 1.90. The second-order valence-corrected chi connectivity index (χ2v) is 4.51. The van der Waals surface area contributed by atoms with Crippen LogP contribution in [0, 0.1) is 5.92 Å². The minimum absolute atomic E-state index is 0.0353. The molecule has 0 saturated heterocycles. The predicted octanol–water partition coefficient (Wildman–Crippen LogP) is 1.13. The van der Waals surface area contributed by atoms with E-state index >= 15 is 0 Å². The van der Waals surface area contributed by atoms with E-state index in [1.807, 2.05) is 24.3 Å². The lowest BCUT2D eigenvalue weighted by atomic mass is 10.1. The van der Waals surface area contributed by atoms with Crippen LogP contribution in [-0.4, -0.2) is 22.2 Å². The number of aliphatic hydroxyl groups excluding tert-OH is 1. The van der Waals surface area contributed by atoms with Gasteiger partial charge >= 0.3 is 5.97 Å². The smallest absolute Gasteiger partial charge is 0.320 e. The van der Waals surface area contributed by atoms with E-state index in [0.717, 1.165) is 24.0 Å². The third kappa shape index (κ3) is 3.28. The van der Waals surface area contributed by atoms with Crippen molar-refractivity contribution in [2.75, 3.05) is 0 Å². The fraction of sp³-hybridized carbons (Fsp3) is 0.462. The summed E-state index contributed by atoms with van der Waals surface area (Å²) in [5, 5.41) is 21.0. The maximum Gasteiger partial charge on any atom is 0.320 e. The van der Waals surface area contributed by atoms with Gasteiger partial charge in [-0.05, 0) is 29.9 Å². The summed E-state index contributed by atoms with van der Waals surface area (Å²) in [7, 11) is 0. The molecule has 1 unspecified atom stereocenters. The van der Waals surface area contributed by atoms with E-state index < -0.39 is 12.0 Å². The first-order chi connectivity index (χ1) is 8.20. The van der Waals surface area contributed by atoms with Gasteiger partial charge in [-0.15, -0.1) is 0 Å². The summed E-state index contributed by atoms with van der Waals surface area (Å²) < 4.78 is 0. The molecule has 1 atom stereocenters. The van der Waals surface area contributed by atoms with Crippen molar-refractivity contribution in [3.8, 4) is 0 Å². The van der Waals surface area contributed by atoms with E-state index in [1.165, 1.54) is 0 Å². The van der Waals surface area contributed by atoms with Crippen LogP contribution in [0.1, 0.15) is 24.0 Å². The van der Waals surface area contributed by atoms with Gasteiger partial charge in [0.05, 0.1) is 6.61 Å². The molecular weight excluding hydrogens is 218 g/mol. The highest BCUT2D eigenvalue weighted by atomic mass is 16.4. The average molecular weight is 235 g/mol. The number of carboxylic acid groups (broad SMARTS) is 1.